The van der Waals surface area contributed by atoms with Gasteiger partial charge in [-0.2, -0.15) is 0 Å². The molecule has 0 aliphatic carbocycles. The van der Waals surface area contributed by atoms with E-state index in [2.05, 4.69) is 23.8 Å². The largest absolute Gasteiger partial charge is 0.363 e. The van der Waals surface area contributed by atoms with Gasteiger partial charge in [0.2, 0.25) is 0 Å². The highest BCUT2D eigenvalue weighted by Gasteiger charge is 2.27. The Bertz CT molecular complexity index is 559. The first-order valence-corrected chi connectivity index (χ1v) is 7.18. The van der Waals surface area contributed by atoms with Crippen LogP contribution >= 0.6 is 0 Å². The number of hydrogen-bond acceptors (Lipinski definition) is 5. The van der Waals surface area contributed by atoms with Crippen molar-refractivity contribution in [2.24, 2.45) is 0 Å². The zero-order chi connectivity index (χ0) is 15.6. The summed E-state index contributed by atoms with van der Waals surface area (Å²) in [5, 5.41) is 11.3. The second kappa shape index (κ2) is 6.22. The molecule has 0 bridgehead atoms. The summed E-state index contributed by atoms with van der Waals surface area (Å²) in [6, 6.07) is 5.15. The van der Waals surface area contributed by atoms with Gasteiger partial charge in [-0.3, -0.25) is 19.8 Å². The minimum atomic E-state index is -0.402. The van der Waals surface area contributed by atoms with Crippen molar-refractivity contribution < 1.29 is 9.72 Å². The minimum absolute atomic E-state index is 0.0158. The predicted molar refractivity (Wildman–Crippen MR) is 82.0 cm³/mol. The lowest BCUT2D eigenvalue weighted by Crippen LogP contribution is -2.51. The summed E-state index contributed by atoms with van der Waals surface area (Å²) in [7, 11) is 2.08. The Hall–Kier alpha value is -1.95. The minimum Gasteiger partial charge on any atom is -0.363 e. The van der Waals surface area contributed by atoms with Gasteiger partial charge in [0.15, 0.2) is 5.78 Å². The van der Waals surface area contributed by atoms with Gasteiger partial charge in [0.05, 0.1) is 4.92 Å². The Morgan fingerprint density at radius 3 is 2.71 bits per heavy atom. The molecule has 1 unspecified atom stereocenters. The van der Waals surface area contributed by atoms with Gasteiger partial charge in [-0.15, -0.1) is 0 Å². The maximum absolute atomic E-state index is 11.4. The zero-order valence-corrected chi connectivity index (χ0v) is 12.7. The van der Waals surface area contributed by atoms with Crippen molar-refractivity contribution in [3.8, 4) is 0 Å². The van der Waals surface area contributed by atoms with Gasteiger partial charge in [0, 0.05) is 37.3 Å². The summed E-state index contributed by atoms with van der Waals surface area (Å²) in [5.41, 5.74) is 1.00. The maximum atomic E-state index is 11.4. The molecule has 0 amide bonds. The smallest absolute Gasteiger partial charge is 0.293 e. The molecule has 1 fully saturated rings. The summed E-state index contributed by atoms with van der Waals surface area (Å²) >= 11 is 0. The fourth-order valence-corrected chi connectivity index (χ4v) is 2.76. The first-order chi connectivity index (χ1) is 9.93. The van der Waals surface area contributed by atoms with Crippen LogP contribution in [0, 0.1) is 10.1 Å². The summed E-state index contributed by atoms with van der Waals surface area (Å²) in [6.07, 6.45) is 1.01. The van der Waals surface area contributed by atoms with Crippen LogP contribution in [0.1, 0.15) is 30.6 Å². The molecule has 1 aliphatic rings. The van der Waals surface area contributed by atoms with Gasteiger partial charge >= 0.3 is 0 Å². The van der Waals surface area contributed by atoms with E-state index in [9.17, 15) is 14.9 Å². The maximum Gasteiger partial charge on any atom is 0.293 e. The van der Waals surface area contributed by atoms with Crippen molar-refractivity contribution in [3.63, 3.8) is 0 Å². The molecule has 0 aromatic heterocycles. The summed E-state index contributed by atoms with van der Waals surface area (Å²) in [4.78, 5) is 26.7. The Labute approximate surface area is 124 Å². The topological polar surface area (TPSA) is 66.7 Å². The number of ketones is 1. The highest BCUT2D eigenvalue weighted by Crippen LogP contribution is 2.31. The first-order valence-electron chi connectivity index (χ1n) is 7.18. The SMILES string of the molecule is CCC1CN(c2ccc(C(C)=O)cc2[N+](=O)[O-])CCN1C. The van der Waals surface area contributed by atoms with E-state index in [1.807, 2.05) is 0 Å². The van der Waals surface area contributed by atoms with Crippen LogP contribution in [0.15, 0.2) is 18.2 Å². The number of nitro benzene ring substituents is 1. The van der Waals surface area contributed by atoms with Crippen molar-refractivity contribution in [2.75, 3.05) is 31.6 Å². The van der Waals surface area contributed by atoms with Gasteiger partial charge in [0.1, 0.15) is 5.69 Å². The number of rotatable bonds is 4. The van der Waals surface area contributed by atoms with E-state index in [0.29, 0.717) is 17.3 Å². The highest BCUT2D eigenvalue weighted by atomic mass is 16.6. The van der Waals surface area contributed by atoms with Crippen LogP contribution in [0.2, 0.25) is 0 Å². The van der Waals surface area contributed by atoms with E-state index in [-0.39, 0.29) is 11.5 Å². The lowest BCUT2D eigenvalue weighted by atomic mass is 10.1. The molecular formula is C15H21N3O3. The van der Waals surface area contributed by atoms with Crippen molar-refractivity contribution in [3.05, 3.63) is 33.9 Å². The molecule has 6 nitrogen and oxygen atoms in total. The summed E-state index contributed by atoms with van der Waals surface area (Å²) < 4.78 is 0. The normalized spacial score (nSPS) is 19.6. The van der Waals surface area contributed by atoms with E-state index < -0.39 is 4.92 Å². The van der Waals surface area contributed by atoms with Crippen LogP contribution < -0.4 is 4.90 Å². The fourth-order valence-electron chi connectivity index (χ4n) is 2.76. The molecule has 0 saturated carbocycles. The van der Waals surface area contributed by atoms with E-state index >= 15 is 0 Å². The molecule has 114 valence electrons. The molecule has 21 heavy (non-hydrogen) atoms. The number of Topliss-reactive ketones (excluding diaryl/α,β-unsaturated/α-hetero) is 1. The molecule has 1 heterocycles. The van der Waals surface area contributed by atoms with Crippen LogP contribution in [0.25, 0.3) is 0 Å². The first kappa shape index (κ1) is 15.4. The van der Waals surface area contributed by atoms with E-state index in [0.717, 1.165) is 26.1 Å². The summed E-state index contributed by atoms with van der Waals surface area (Å²) in [5.74, 6) is -0.158. The molecule has 0 radical (unpaired) electrons. The number of piperazine rings is 1. The van der Waals surface area contributed by atoms with Gasteiger partial charge in [0.25, 0.3) is 5.69 Å². The zero-order valence-electron chi connectivity index (χ0n) is 12.7. The average molecular weight is 291 g/mol. The van der Waals surface area contributed by atoms with Crippen LogP contribution in [0.4, 0.5) is 11.4 Å². The monoisotopic (exact) mass is 291 g/mol. The second-order valence-corrected chi connectivity index (χ2v) is 5.51. The van der Waals surface area contributed by atoms with Crippen LogP contribution in [0.5, 0.6) is 0 Å². The highest BCUT2D eigenvalue weighted by molar-refractivity contribution is 5.95. The number of carbonyl (C=O) groups excluding carboxylic acids is 1. The number of carbonyl (C=O) groups is 1. The van der Waals surface area contributed by atoms with Crippen molar-refractivity contribution in [2.45, 2.75) is 26.3 Å². The average Bonchev–Trinajstić information content (AvgIpc) is 2.47. The summed E-state index contributed by atoms with van der Waals surface area (Å²) in [6.45, 7) is 5.95. The lowest BCUT2D eigenvalue weighted by molar-refractivity contribution is -0.384. The second-order valence-electron chi connectivity index (χ2n) is 5.51. The van der Waals surface area contributed by atoms with Gasteiger partial charge in [-0.05, 0) is 32.5 Å². The van der Waals surface area contributed by atoms with Crippen molar-refractivity contribution >= 4 is 17.2 Å². The number of nitro groups is 1. The quantitative estimate of drug-likeness (QED) is 0.484. The van der Waals surface area contributed by atoms with Crippen LogP contribution in [-0.4, -0.2) is 48.3 Å². The molecule has 1 saturated heterocycles. The van der Waals surface area contributed by atoms with E-state index in [4.69, 9.17) is 0 Å². The molecule has 1 aromatic rings. The molecule has 1 aliphatic heterocycles. The standard InChI is InChI=1S/C15H21N3O3/c1-4-13-10-17(8-7-16(13)3)14-6-5-12(11(2)19)9-15(14)18(20)21/h5-6,9,13H,4,7-8,10H2,1-3H3. The van der Waals surface area contributed by atoms with Crippen LogP contribution in [0.3, 0.4) is 0 Å². The number of benzene rings is 1. The third-order valence-electron chi connectivity index (χ3n) is 4.17. The Morgan fingerprint density at radius 2 is 2.14 bits per heavy atom. The number of anilines is 1. The molecule has 1 atom stereocenters. The Kier molecular flexibility index (Phi) is 4.57. The molecule has 0 spiro atoms. The lowest BCUT2D eigenvalue weighted by Gasteiger charge is -2.40. The third kappa shape index (κ3) is 3.21. The fraction of sp³-hybridized carbons (Fsp3) is 0.533. The molecule has 0 N–H and O–H groups in total. The van der Waals surface area contributed by atoms with Crippen molar-refractivity contribution in [1.29, 1.82) is 0 Å². The molecular weight excluding hydrogens is 270 g/mol. The third-order valence-corrected chi connectivity index (χ3v) is 4.17. The number of likely N-dealkylation sites (N-methyl/N-ethyl adjacent to an activating group) is 1. The predicted octanol–water partition coefficient (Wildman–Crippen LogP) is 2.33. The van der Waals surface area contributed by atoms with Gasteiger partial charge in [-0.25, -0.2) is 0 Å². The molecule has 2 rings (SSSR count). The van der Waals surface area contributed by atoms with E-state index in [1.165, 1.54) is 13.0 Å². The van der Waals surface area contributed by atoms with Gasteiger partial charge in [-0.1, -0.05) is 6.92 Å². The molecule has 1 aromatic carbocycles. The van der Waals surface area contributed by atoms with Crippen LogP contribution in [-0.2, 0) is 0 Å². The number of hydrogen-bond donors (Lipinski definition) is 0. The Morgan fingerprint density at radius 1 is 1.43 bits per heavy atom. The van der Waals surface area contributed by atoms with E-state index in [1.54, 1.807) is 12.1 Å². The number of nitrogens with zero attached hydrogens (tertiary/aromatic N) is 3. The molecule has 6 heteroatoms. The Balaban J connectivity index is 2.35. The van der Waals surface area contributed by atoms with Gasteiger partial charge < -0.3 is 4.90 Å². The van der Waals surface area contributed by atoms with Crippen molar-refractivity contribution in [1.82, 2.24) is 4.90 Å².